The maximum Gasteiger partial charge on any atom is 0.277 e. The fourth-order valence-corrected chi connectivity index (χ4v) is 3.04. The number of aryl methyl sites for hydroxylation is 1. The molecule has 1 heterocycles. The van der Waals surface area contributed by atoms with Crippen molar-refractivity contribution in [1.82, 2.24) is 10.2 Å². The van der Waals surface area contributed by atoms with E-state index in [1.807, 2.05) is 31.2 Å². The first kappa shape index (κ1) is 18.0. The second-order valence-electron chi connectivity index (χ2n) is 5.52. The van der Waals surface area contributed by atoms with Crippen LogP contribution in [0.1, 0.15) is 15.9 Å². The van der Waals surface area contributed by atoms with E-state index in [-0.39, 0.29) is 11.5 Å². The maximum atomic E-state index is 12.5. The van der Waals surface area contributed by atoms with Crippen LogP contribution in [0.25, 0.3) is 11.5 Å². The summed E-state index contributed by atoms with van der Waals surface area (Å²) < 4.78 is 16.1. The SMILES string of the molecule is COc1ccc(C(=O)CSc2nnc(-c3cccc(C)c3)o2)c(OC)c1. The molecule has 134 valence electrons. The summed E-state index contributed by atoms with van der Waals surface area (Å²) in [4.78, 5) is 12.5. The van der Waals surface area contributed by atoms with Crippen molar-refractivity contribution in [2.24, 2.45) is 0 Å². The van der Waals surface area contributed by atoms with Gasteiger partial charge in [-0.3, -0.25) is 4.79 Å². The number of Topliss-reactive ketones (excluding diaryl/α,β-unsaturated/α-hetero) is 1. The molecule has 3 aromatic rings. The lowest BCUT2D eigenvalue weighted by Crippen LogP contribution is -2.05. The predicted octanol–water partition coefficient (Wildman–Crippen LogP) is 4.04. The Hall–Kier alpha value is -2.80. The van der Waals surface area contributed by atoms with Crippen molar-refractivity contribution in [3.63, 3.8) is 0 Å². The van der Waals surface area contributed by atoms with Crippen molar-refractivity contribution in [3.05, 3.63) is 53.6 Å². The van der Waals surface area contributed by atoms with E-state index in [1.54, 1.807) is 25.3 Å². The van der Waals surface area contributed by atoms with E-state index >= 15 is 0 Å². The Balaban J connectivity index is 1.69. The summed E-state index contributed by atoms with van der Waals surface area (Å²) in [6.07, 6.45) is 0. The molecule has 0 atom stereocenters. The highest BCUT2D eigenvalue weighted by Crippen LogP contribution is 2.28. The first-order chi connectivity index (χ1) is 12.6. The van der Waals surface area contributed by atoms with Gasteiger partial charge in [-0.1, -0.05) is 29.5 Å². The van der Waals surface area contributed by atoms with Gasteiger partial charge in [-0.25, -0.2) is 0 Å². The van der Waals surface area contributed by atoms with E-state index in [0.717, 1.165) is 11.1 Å². The maximum absolute atomic E-state index is 12.5. The zero-order valence-electron chi connectivity index (χ0n) is 14.7. The van der Waals surface area contributed by atoms with Crippen molar-refractivity contribution in [2.45, 2.75) is 12.1 Å². The number of aromatic nitrogens is 2. The van der Waals surface area contributed by atoms with Crippen LogP contribution in [0.2, 0.25) is 0 Å². The van der Waals surface area contributed by atoms with E-state index in [9.17, 15) is 4.79 Å². The molecule has 6 nitrogen and oxygen atoms in total. The van der Waals surface area contributed by atoms with Crippen LogP contribution < -0.4 is 9.47 Å². The number of ketones is 1. The summed E-state index contributed by atoms with van der Waals surface area (Å²) in [6, 6.07) is 12.9. The van der Waals surface area contributed by atoms with Crippen LogP contribution in [0.5, 0.6) is 11.5 Å². The molecule has 0 saturated carbocycles. The largest absolute Gasteiger partial charge is 0.497 e. The van der Waals surface area contributed by atoms with E-state index in [4.69, 9.17) is 13.9 Å². The van der Waals surface area contributed by atoms with Crippen LogP contribution in [0.4, 0.5) is 0 Å². The van der Waals surface area contributed by atoms with Crippen LogP contribution in [0, 0.1) is 6.92 Å². The van der Waals surface area contributed by atoms with Gasteiger partial charge in [0.25, 0.3) is 5.22 Å². The molecule has 0 radical (unpaired) electrons. The van der Waals surface area contributed by atoms with Gasteiger partial charge in [0.05, 0.1) is 25.5 Å². The van der Waals surface area contributed by atoms with Gasteiger partial charge >= 0.3 is 0 Å². The van der Waals surface area contributed by atoms with Crippen LogP contribution >= 0.6 is 11.8 Å². The lowest BCUT2D eigenvalue weighted by atomic mass is 10.1. The van der Waals surface area contributed by atoms with E-state index in [2.05, 4.69) is 10.2 Å². The summed E-state index contributed by atoms with van der Waals surface area (Å²) in [5.74, 6) is 1.61. The number of nitrogens with zero attached hydrogens (tertiary/aromatic N) is 2. The van der Waals surface area contributed by atoms with E-state index in [1.165, 1.54) is 18.9 Å². The lowest BCUT2D eigenvalue weighted by molar-refractivity contribution is 0.101. The Bertz CT molecular complexity index is 923. The number of thioether (sulfide) groups is 1. The molecule has 0 aliphatic carbocycles. The predicted molar refractivity (Wildman–Crippen MR) is 99.1 cm³/mol. The minimum Gasteiger partial charge on any atom is -0.497 e. The fourth-order valence-electron chi connectivity index (χ4n) is 2.40. The Morgan fingerprint density at radius 3 is 2.69 bits per heavy atom. The van der Waals surface area contributed by atoms with Gasteiger partial charge in [0.15, 0.2) is 5.78 Å². The van der Waals surface area contributed by atoms with Crippen LogP contribution in [-0.4, -0.2) is 36.0 Å². The summed E-state index contributed by atoms with van der Waals surface area (Å²) in [5.41, 5.74) is 2.45. The highest BCUT2D eigenvalue weighted by atomic mass is 32.2. The van der Waals surface area contributed by atoms with Crippen molar-refractivity contribution in [1.29, 1.82) is 0 Å². The Kier molecular flexibility index (Phi) is 5.58. The number of ether oxygens (including phenoxy) is 2. The molecule has 0 unspecified atom stereocenters. The van der Waals surface area contributed by atoms with Crippen LogP contribution in [0.3, 0.4) is 0 Å². The number of hydrogen-bond acceptors (Lipinski definition) is 7. The van der Waals surface area contributed by atoms with Crippen LogP contribution in [-0.2, 0) is 0 Å². The Morgan fingerprint density at radius 1 is 1.12 bits per heavy atom. The number of carbonyl (C=O) groups excluding carboxylic acids is 1. The first-order valence-electron chi connectivity index (χ1n) is 7.89. The molecule has 0 aliphatic heterocycles. The third-order valence-corrected chi connectivity index (χ3v) is 4.53. The number of carbonyl (C=O) groups is 1. The second kappa shape index (κ2) is 8.05. The second-order valence-corrected chi connectivity index (χ2v) is 6.45. The average Bonchev–Trinajstić information content (AvgIpc) is 3.14. The Labute approximate surface area is 155 Å². The van der Waals surface area contributed by atoms with Crippen molar-refractivity contribution in [2.75, 3.05) is 20.0 Å². The zero-order valence-corrected chi connectivity index (χ0v) is 15.5. The summed E-state index contributed by atoms with van der Waals surface area (Å²) in [5, 5.41) is 8.39. The van der Waals surface area contributed by atoms with Crippen molar-refractivity contribution in [3.8, 4) is 23.0 Å². The highest BCUT2D eigenvalue weighted by Gasteiger charge is 2.16. The monoisotopic (exact) mass is 370 g/mol. The molecule has 2 aromatic carbocycles. The number of rotatable bonds is 7. The molecule has 7 heteroatoms. The van der Waals surface area contributed by atoms with Gasteiger partial charge in [0.2, 0.25) is 5.89 Å². The summed E-state index contributed by atoms with van der Waals surface area (Å²) in [7, 11) is 3.08. The molecule has 0 N–H and O–H groups in total. The number of benzene rings is 2. The van der Waals surface area contributed by atoms with Gasteiger partial charge in [-0.15, -0.1) is 10.2 Å². The number of hydrogen-bond donors (Lipinski definition) is 0. The minimum atomic E-state index is -0.0928. The summed E-state index contributed by atoms with van der Waals surface area (Å²) >= 11 is 1.20. The molecular formula is C19H18N2O4S. The molecule has 0 bridgehead atoms. The normalized spacial score (nSPS) is 10.6. The third kappa shape index (κ3) is 4.05. The molecule has 1 aromatic heterocycles. The molecule has 26 heavy (non-hydrogen) atoms. The molecular weight excluding hydrogens is 352 g/mol. The van der Waals surface area contributed by atoms with Crippen LogP contribution in [0.15, 0.2) is 52.1 Å². The van der Waals surface area contributed by atoms with Gasteiger partial charge < -0.3 is 13.9 Å². The highest BCUT2D eigenvalue weighted by molar-refractivity contribution is 7.99. The molecule has 0 amide bonds. The third-order valence-electron chi connectivity index (χ3n) is 3.71. The zero-order chi connectivity index (χ0) is 18.5. The standard InChI is InChI=1S/C19H18N2O4S/c1-12-5-4-6-13(9-12)18-20-21-19(25-18)26-11-16(22)15-8-7-14(23-2)10-17(15)24-3/h4-10H,11H2,1-3H3. The smallest absolute Gasteiger partial charge is 0.277 e. The Morgan fingerprint density at radius 2 is 1.96 bits per heavy atom. The van der Waals surface area contributed by atoms with Crippen molar-refractivity contribution < 1.29 is 18.7 Å². The topological polar surface area (TPSA) is 74.5 Å². The molecule has 3 rings (SSSR count). The van der Waals surface area contributed by atoms with Gasteiger partial charge in [0, 0.05) is 11.6 Å². The molecule has 0 spiro atoms. The lowest BCUT2D eigenvalue weighted by Gasteiger charge is -2.08. The van der Waals surface area contributed by atoms with Crippen molar-refractivity contribution >= 4 is 17.5 Å². The molecule has 0 saturated heterocycles. The van der Waals surface area contributed by atoms with E-state index in [0.29, 0.717) is 28.2 Å². The average molecular weight is 370 g/mol. The molecule has 0 fully saturated rings. The fraction of sp³-hybridized carbons (Fsp3) is 0.211. The van der Waals surface area contributed by atoms with E-state index < -0.39 is 0 Å². The first-order valence-corrected chi connectivity index (χ1v) is 8.88. The molecule has 0 aliphatic rings. The van der Waals surface area contributed by atoms with Gasteiger partial charge in [0.1, 0.15) is 11.5 Å². The van der Waals surface area contributed by atoms with Gasteiger partial charge in [-0.2, -0.15) is 0 Å². The quantitative estimate of drug-likeness (QED) is 0.459. The number of methoxy groups -OCH3 is 2. The van der Waals surface area contributed by atoms with Gasteiger partial charge in [-0.05, 0) is 31.2 Å². The summed E-state index contributed by atoms with van der Waals surface area (Å²) in [6.45, 7) is 2.00. The minimum absolute atomic E-state index is 0.0928.